The second-order valence-corrected chi connectivity index (χ2v) is 11.0. The number of hydrogen-bond donors (Lipinski definition) is 2. The van der Waals surface area contributed by atoms with Gasteiger partial charge in [-0.15, -0.1) is 0 Å². The lowest BCUT2D eigenvalue weighted by Crippen LogP contribution is -2.53. The number of hydrogen-bond acceptors (Lipinski definition) is 6. The maximum atomic E-state index is 5.94. The average molecular weight is 519 g/mol. The fraction of sp³-hybridized carbons (Fsp3) is 0.531. The van der Waals surface area contributed by atoms with Gasteiger partial charge in [0.2, 0.25) is 0 Å². The van der Waals surface area contributed by atoms with Crippen molar-refractivity contribution in [1.29, 1.82) is 0 Å². The highest BCUT2D eigenvalue weighted by Gasteiger charge is 2.27. The van der Waals surface area contributed by atoms with Crippen molar-refractivity contribution in [3.8, 4) is 0 Å². The predicted molar refractivity (Wildman–Crippen MR) is 162 cm³/mol. The monoisotopic (exact) mass is 518 g/mol. The van der Waals surface area contributed by atoms with E-state index in [1.54, 1.807) is 12.4 Å². The molecule has 0 spiro atoms. The van der Waals surface area contributed by atoms with Crippen molar-refractivity contribution in [2.75, 3.05) is 52.4 Å². The molecular weight excluding hydrogens is 468 g/mol. The minimum atomic E-state index is 0.685. The van der Waals surface area contributed by atoms with E-state index in [2.05, 4.69) is 83.6 Å². The fourth-order valence-electron chi connectivity index (χ4n) is 5.25. The Morgan fingerprint density at radius 3 is 2.29 bits per heavy atom. The minimum absolute atomic E-state index is 0.685. The van der Waals surface area contributed by atoms with Crippen LogP contribution in [0.2, 0.25) is 0 Å². The molecule has 2 saturated heterocycles. The van der Waals surface area contributed by atoms with Gasteiger partial charge in [0, 0.05) is 81.7 Å². The van der Waals surface area contributed by atoms with Crippen LogP contribution in [0.1, 0.15) is 52.5 Å². The summed E-state index contributed by atoms with van der Waals surface area (Å²) in [5, 5.41) is 3.37. The Labute approximate surface area is 231 Å². The number of likely N-dealkylation sites (tertiary alicyclic amines) is 1. The van der Waals surface area contributed by atoms with Gasteiger partial charge in [-0.05, 0) is 64.8 Å². The molecule has 3 heterocycles. The van der Waals surface area contributed by atoms with Crippen LogP contribution in [-0.4, -0.2) is 78.1 Å². The molecule has 0 saturated carbocycles. The standard InChI is InChI=1S/C32H50N6/c1-6-26(2)9-10-27(3)24-36-14-11-32(12-15-36)38-18-16-37(17-19-38)25-28(4)20-31(21-33)29(5)35-23-30-8-7-13-34-22-30/h7-10,13,20-22,32,35H,5-6,11-12,14-19,23-25,33H2,1-4H3/b26-9-,27-10+,28-20-,31-21+. The molecule has 0 amide bonds. The molecule has 0 aliphatic carbocycles. The molecule has 208 valence electrons. The number of piperazine rings is 1. The Kier molecular flexibility index (Phi) is 12.3. The van der Waals surface area contributed by atoms with Gasteiger partial charge >= 0.3 is 0 Å². The SMILES string of the molecule is C=C(NCc1cccnc1)C(/C=C(/C)CN1CCN(C2CCN(C/C(C)=C/C=C(/C)CC)CC2)CC1)=C/N. The van der Waals surface area contributed by atoms with E-state index < -0.39 is 0 Å². The normalized spacial score (nSPS) is 20.1. The highest BCUT2D eigenvalue weighted by Crippen LogP contribution is 2.20. The van der Waals surface area contributed by atoms with Gasteiger partial charge in [0.05, 0.1) is 0 Å². The van der Waals surface area contributed by atoms with E-state index in [0.29, 0.717) is 6.54 Å². The summed E-state index contributed by atoms with van der Waals surface area (Å²) in [7, 11) is 0. The molecule has 0 atom stereocenters. The van der Waals surface area contributed by atoms with Crippen molar-refractivity contribution in [3.63, 3.8) is 0 Å². The van der Waals surface area contributed by atoms with Crippen LogP contribution < -0.4 is 11.1 Å². The van der Waals surface area contributed by atoms with Crippen LogP contribution >= 0.6 is 0 Å². The minimum Gasteiger partial charge on any atom is -0.404 e. The summed E-state index contributed by atoms with van der Waals surface area (Å²) in [5.74, 6) is 0. The third-order valence-electron chi connectivity index (χ3n) is 7.80. The van der Waals surface area contributed by atoms with Gasteiger partial charge in [-0.25, -0.2) is 0 Å². The summed E-state index contributed by atoms with van der Waals surface area (Å²) < 4.78 is 0. The molecule has 2 aliphatic rings. The van der Waals surface area contributed by atoms with E-state index in [9.17, 15) is 0 Å². The molecule has 0 aromatic carbocycles. The van der Waals surface area contributed by atoms with Crippen LogP contribution in [0, 0.1) is 0 Å². The third kappa shape index (κ3) is 9.90. The summed E-state index contributed by atoms with van der Waals surface area (Å²) in [6.45, 7) is 22.8. The zero-order valence-electron chi connectivity index (χ0n) is 24.3. The fourth-order valence-corrected chi connectivity index (χ4v) is 5.25. The smallest absolute Gasteiger partial charge is 0.0416 e. The van der Waals surface area contributed by atoms with Crippen molar-refractivity contribution >= 4 is 0 Å². The number of piperidine rings is 1. The first kappa shape index (κ1) is 29.9. The maximum absolute atomic E-state index is 5.94. The van der Waals surface area contributed by atoms with E-state index in [0.717, 1.165) is 68.6 Å². The van der Waals surface area contributed by atoms with Gasteiger partial charge in [-0.2, -0.15) is 0 Å². The molecule has 0 bridgehead atoms. The Morgan fingerprint density at radius 1 is 1.00 bits per heavy atom. The van der Waals surface area contributed by atoms with E-state index >= 15 is 0 Å². The number of pyridine rings is 1. The largest absolute Gasteiger partial charge is 0.404 e. The van der Waals surface area contributed by atoms with Gasteiger partial charge < -0.3 is 11.1 Å². The van der Waals surface area contributed by atoms with Crippen LogP contribution in [0.3, 0.4) is 0 Å². The van der Waals surface area contributed by atoms with Crippen LogP contribution in [0.5, 0.6) is 0 Å². The second kappa shape index (κ2) is 15.7. The molecule has 1 aromatic heterocycles. The Bertz CT molecular complexity index is 990. The van der Waals surface area contributed by atoms with Crippen molar-refractivity contribution in [2.24, 2.45) is 5.73 Å². The number of nitrogens with one attached hydrogen (secondary N) is 1. The first-order chi connectivity index (χ1) is 18.4. The summed E-state index contributed by atoms with van der Waals surface area (Å²) in [6.07, 6.45) is 15.7. The van der Waals surface area contributed by atoms with Gasteiger partial charge in [0.15, 0.2) is 0 Å². The lowest BCUT2D eigenvalue weighted by atomic mass is 10.0. The highest BCUT2D eigenvalue weighted by atomic mass is 15.3. The highest BCUT2D eigenvalue weighted by molar-refractivity contribution is 5.38. The quantitative estimate of drug-likeness (QED) is 0.386. The molecule has 1 aromatic rings. The molecule has 3 N–H and O–H groups in total. The van der Waals surface area contributed by atoms with Gasteiger partial charge in [0.25, 0.3) is 0 Å². The summed E-state index contributed by atoms with van der Waals surface area (Å²) >= 11 is 0. The van der Waals surface area contributed by atoms with E-state index in [-0.39, 0.29) is 0 Å². The van der Waals surface area contributed by atoms with E-state index in [1.165, 1.54) is 42.7 Å². The van der Waals surface area contributed by atoms with Gasteiger partial charge in [-0.1, -0.05) is 54.5 Å². The first-order valence-electron chi connectivity index (χ1n) is 14.3. The molecular formula is C32H50N6. The molecule has 0 radical (unpaired) electrons. The Morgan fingerprint density at radius 2 is 1.66 bits per heavy atom. The van der Waals surface area contributed by atoms with E-state index in [4.69, 9.17) is 5.73 Å². The first-order valence-corrected chi connectivity index (χ1v) is 14.3. The van der Waals surface area contributed by atoms with Crippen molar-refractivity contribution < 1.29 is 0 Å². The van der Waals surface area contributed by atoms with E-state index in [1.807, 2.05) is 12.3 Å². The summed E-state index contributed by atoms with van der Waals surface area (Å²) in [4.78, 5) is 12.1. The van der Waals surface area contributed by atoms with Crippen molar-refractivity contribution in [1.82, 2.24) is 25.0 Å². The van der Waals surface area contributed by atoms with Gasteiger partial charge in [0.1, 0.15) is 0 Å². The van der Waals surface area contributed by atoms with Crippen LogP contribution in [0.25, 0.3) is 0 Å². The zero-order chi connectivity index (χ0) is 27.3. The summed E-state index contributed by atoms with van der Waals surface area (Å²) in [5.41, 5.74) is 13.1. The zero-order valence-corrected chi connectivity index (χ0v) is 24.3. The lowest BCUT2D eigenvalue weighted by Gasteiger charge is -2.43. The van der Waals surface area contributed by atoms with Gasteiger partial charge in [-0.3, -0.25) is 19.7 Å². The average Bonchev–Trinajstić information content (AvgIpc) is 2.94. The maximum Gasteiger partial charge on any atom is 0.0416 e. The number of rotatable bonds is 12. The predicted octanol–water partition coefficient (Wildman–Crippen LogP) is 4.86. The molecule has 2 aliphatic heterocycles. The topological polar surface area (TPSA) is 60.7 Å². The number of nitrogens with zero attached hydrogens (tertiary/aromatic N) is 4. The molecule has 38 heavy (non-hydrogen) atoms. The van der Waals surface area contributed by atoms with Crippen molar-refractivity contribution in [3.05, 3.63) is 89.1 Å². The molecule has 0 unspecified atom stereocenters. The van der Waals surface area contributed by atoms with Crippen LogP contribution in [0.15, 0.2) is 83.5 Å². The number of nitrogens with two attached hydrogens (primary N) is 1. The number of allylic oxidation sites excluding steroid dienone is 4. The molecule has 6 nitrogen and oxygen atoms in total. The Hall–Kier alpha value is -2.67. The molecule has 2 fully saturated rings. The van der Waals surface area contributed by atoms with Crippen LogP contribution in [-0.2, 0) is 6.54 Å². The Balaban J connectivity index is 1.38. The third-order valence-corrected chi connectivity index (χ3v) is 7.80. The second-order valence-electron chi connectivity index (χ2n) is 11.0. The van der Waals surface area contributed by atoms with Crippen LogP contribution in [0.4, 0.5) is 0 Å². The number of aromatic nitrogens is 1. The molecule has 6 heteroatoms. The lowest BCUT2D eigenvalue weighted by molar-refractivity contribution is 0.0646. The molecule has 3 rings (SSSR count). The van der Waals surface area contributed by atoms with Crippen molar-refractivity contribution in [2.45, 2.75) is 59.5 Å². The summed E-state index contributed by atoms with van der Waals surface area (Å²) in [6, 6.07) is 4.73.